The highest BCUT2D eigenvalue weighted by molar-refractivity contribution is 5.92. The number of methoxy groups -OCH3 is 1. The van der Waals surface area contributed by atoms with Gasteiger partial charge < -0.3 is 19.3 Å². The zero-order chi connectivity index (χ0) is 16.8. The summed E-state index contributed by atoms with van der Waals surface area (Å²) in [5.74, 6) is 1.08. The van der Waals surface area contributed by atoms with E-state index in [9.17, 15) is 4.79 Å². The van der Waals surface area contributed by atoms with Gasteiger partial charge in [-0.25, -0.2) is 0 Å². The molecule has 3 rings (SSSR count). The van der Waals surface area contributed by atoms with Crippen LogP contribution in [0, 0.1) is 0 Å². The molecule has 3 aromatic rings. The second kappa shape index (κ2) is 7.32. The van der Waals surface area contributed by atoms with E-state index < -0.39 is 0 Å². The third-order valence-corrected chi connectivity index (χ3v) is 3.22. The van der Waals surface area contributed by atoms with Crippen molar-refractivity contribution in [1.29, 1.82) is 0 Å². The van der Waals surface area contributed by atoms with Crippen LogP contribution in [0.1, 0.15) is 21.9 Å². The van der Waals surface area contributed by atoms with Crippen LogP contribution >= 0.6 is 0 Å². The van der Waals surface area contributed by atoms with Crippen LogP contribution in [-0.2, 0) is 13.2 Å². The van der Waals surface area contributed by atoms with E-state index in [2.05, 4.69) is 20.7 Å². The minimum Gasteiger partial charge on any atom is -0.497 e. The smallest absolute Gasteiger partial charge is 0.272 e. The number of nitrogens with one attached hydrogen (secondary N) is 2. The molecule has 2 aromatic heterocycles. The van der Waals surface area contributed by atoms with Gasteiger partial charge in [0.05, 0.1) is 19.3 Å². The molecule has 0 atom stereocenters. The first-order chi connectivity index (χ1) is 11.7. The highest BCUT2D eigenvalue weighted by atomic mass is 16.5. The first kappa shape index (κ1) is 15.6. The van der Waals surface area contributed by atoms with Gasteiger partial charge in [0.15, 0.2) is 0 Å². The lowest BCUT2D eigenvalue weighted by Gasteiger charge is -2.06. The van der Waals surface area contributed by atoms with Gasteiger partial charge in [0.2, 0.25) is 0 Å². The average molecular weight is 328 g/mol. The Balaban J connectivity index is 1.53. The van der Waals surface area contributed by atoms with Crippen LogP contribution in [0.5, 0.6) is 11.5 Å². The van der Waals surface area contributed by atoms with Crippen molar-refractivity contribution >= 4 is 5.91 Å². The number of benzene rings is 1. The first-order valence-electron chi connectivity index (χ1n) is 7.23. The molecule has 0 radical (unpaired) electrons. The fraction of sp³-hybridized carbons (Fsp3) is 0.188. The molecule has 0 saturated heterocycles. The number of aromatic nitrogens is 3. The Morgan fingerprint density at radius 3 is 2.96 bits per heavy atom. The maximum absolute atomic E-state index is 12.0. The Morgan fingerprint density at radius 1 is 1.29 bits per heavy atom. The van der Waals surface area contributed by atoms with Crippen LogP contribution in [0.25, 0.3) is 0 Å². The van der Waals surface area contributed by atoms with Crippen LogP contribution in [0.4, 0.5) is 0 Å². The van der Waals surface area contributed by atoms with Crippen LogP contribution in [-0.4, -0.2) is 28.4 Å². The summed E-state index contributed by atoms with van der Waals surface area (Å²) >= 11 is 0. The zero-order valence-corrected chi connectivity index (χ0v) is 13.0. The minimum absolute atomic E-state index is 0.261. The average Bonchev–Trinajstić information content (AvgIpc) is 3.30. The number of hydrogen-bond donors (Lipinski definition) is 2. The molecule has 0 aliphatic heterocycles. The summed E-state index contributed by atoms with van der Waals surface area (Å²) in [5, 5.41) is 13.2. The van der Waals surface area contributed by atoms with E-state index in [1.54, 1.807) is 25.3 Å². The molecular formula is C16H16N4O4. The predicted octanol–water partition coefficient (Wildman–Crippen LogP) is 1.92. The predicted molar refractivity (Wildman–Crippen MR) is 83.6 cm³/mol. The zero-order valence-electron chi connectivity index (χ0n) is 13.0. The summed E-state index contributed by atoms with van der Waals surface area (Å²) in [6.07, 6.45) is 1.45. The number of hydrogen-bond acceptors (Lipinski definition) is 6. The molecule has 0 saturated carbocycles. The molecule has 1 aromatic carbocycles. The summed E-state index contributed by atoms with van der Waals surface area (Å²) in [6, 6.07) is 10.6. The molecule has 0 fully saturated rings. The molecule has 0 aliphatic carbocycles. The maximum atomic E-state index is 12.0. The van der Waals surface area contributed by atoms with Gasteiger partial charge in [0.25, 0.3) is 5.91 Å². The monoisotopic (exact) mass is 328 g/mol. The summed E-state index contributed by atoms with van der Waals surface area (Å²) in [6.45, 7) is 0.536. The summed E-state index contributed by atoms with van der Waals surface area (Å²) in [5.41, 5.74) is 1.60. The van der Waals surface area contributed by atoms with Gasteiger partial charge in [0, 0.05) is 12.1 Å². The molecule has 8 nitrogen and oxygen atoms in total. The number of carbonyl (C=O) groups is 1. The third-order valence-electron chi connectivity index (χ3n) is 3.22. The van der Waals surface area contributed by atoms with Crippen molar-refractivity contribution in [3.63, 3.8) is 0 Å². The van der Waals surface area contributed by atoms with Crippen molar-refractivity contribution in [3.05, 3.63) is 59.7 Å². The summed E-state index contributed by atoms with van der Waals surface area (Å²) < 4.78 is 15.5. The first-order valence-corrected chi connectivity index (χ1v) is 7.23. The molecule has 0 unspecified atom stereocenters. The largest absolute Gasteiger partial charge is 0.497 e. The van der Waals surface area contributed by atoms with Gasteiger partial charge in [0.1, 0.15) is 35.8 Å². The molecule has 2 heterocycles. The number of amides is 1. The quantitative estimate of drug-likeness (QED) is 0.687. The van der Waals surface area contributed by atoms with E-state index in [4.69, 9.17) is 14.0 Å². The second-order valence-corrected chi connectivity index (χ2v) is 4.92. The van der Waals surface area contributed by atoms with E-state index in [0.29, 0.717) is 22.9 Å². The fourth-order valence-corrected chi connectivity index (χ4v) is 1.99. The van der Waals surface area contributed by atoms with Gasteiger partial charge in [-0.1, -0.05) is 11.2 Å². The number of H-pyrrole nitrogens is 1. The summed E-state index contributed by atoms with van der Waals surface area (Å²) in [7, 11) is 1.60. The lowest BCUT2D eigenvalue weighted by molar-refractivity contribution is 0.0945. The van der Waals surface area contributed by atoms with E-state index in [0.717, 1.165) is 0 Å². The topological polar surface area (TPSA) is 102 Å². The van der Waals surface area contributed by atoms with Gasteiger partial charge >= 0.3 is 0 Å². The lowest BCUT2D eigenvalue weighted by atomic mass is 10.3. The third kappa shape index (κ3) is 3.92. The lowest BCUT2D eigenvalue weighted by Crippen LogP contribution is -2.23. The standard InChI is InChI=1S/C16H16N4O4/c1-22-13-3-2-4-14(8-13)23-10-12-7-15(19-18-12)16(21)17-9-11-5-6-24-20-11/h2-8H,9-10H2,1H3,(H,17,21)(H,18,19). The Morgan fingerprint density at radius 2 is 2.17 bits per heavy atom. The van der Waals surface area contributed by atoms with Crippen LogP contribution in [0.3, 0.4) is 0 Å². The molecule has 24 heavy (non-hydrogen) atoms. The molecular weight excluding hydrogens is 312 g/mol. The van der Waals surface area contributed by atoms with E-state index >= 15 is 0 Å². The van der Waals surface area contributed by atoms with Gasteiger partial charge in [-0.3, -0.25) is 9.89 Å². The van der Waals surface area contributed by atoms with Crippen molar-refractivity contribution in [2.75, 3.05) is 7.11 Å². The Kier molecular flexibility index (Phi) is 4.76. The number of ether oxygens (including phenoxy) is 2. The normalized spacial score (nSPS) is 10.4. The Hall–Kier alpha value is -3.29. The van der Waals surface area contributed by atoms with Crippen molar-refractivity contribution in [1.82, 2.24) is 20.7 Å². The van der Waals surface area contributed by atoms with Crippen molar-refractivity contribution in [2.24, 2.45) is 0 Å². The van der Waals surface area contributed by atoms with E-state index in [-0.39, 0.29) is 24.8 Å². The molecule has 2 N–H and O–H groups in total. The Labute approximate surface area is 137 Å². The second-order valence-electron chi connectivity index (χ2n) is 4.92. The molecule has 0 spiro atoms. The number of carbonyl (C=O) groups excluding carboxylic acids is 1. The van der Waals surface area contributed by atoms with Gasteiger partial charge in [-0.05, 0) is 18.2 Å². The van der Waals surface area contributed by atoms with Crippen molar-refractivity contribution in [2.45, 2.75) is 13.2 Å². The number of nitrogens with zero attached hydrogens (tertiary/aromatic N) is 2. The fourth-order valence-electron chi connectivity index (χ4n) is 1.99. The highest BCUT2D eigenvalue weighted by Gasteiger charge is 2.11. The number of aromatic amines is 1. The van der Waals surface area contributed by atoms with Crippen molar-refractivity contribution < 1.29 is 18.8 Å². The highest BCUT2D eigenvalue weighted by Crippen LogP contribution is 2.19. The minimum atomic E-state index is -0.304. The SMILES string of the molecule is COc1cccc(OCc2cc(C(=O)NCc3ccon3)n[nH]2)c1. The van der Waals surface area contributed by atoms with Gasteiger partial charge in [-0.15, -0.1) is 0 Å². The van der Waals surface area contributed by atoms with Crippen LogP contribution in [0.2, 0.25) is 0 Å². The molecule has 1 amide bonds. The van der Waals surface area contributed by atoms with Crippen LogP contribution in [0.15, 0.2) is 47.2 Å². The molecule has 8 heteroatoms. The molecule has 0 bridgehead atoms. The van der Waals surface area contributed by atoms with E-state index in [1.807, 2.05) is 18.2 Å². The summed E-state index contributed by atoms with van der Waals surface area (Å²) in [4.78, 5) is 12.0. The Bertz CT molecular complexity index is 798. The van der Waals surface area contributed by atoms with Crippen LogP contribution < -0.4 is 14.8 Å². The number of rotatable bonds is 7. The van der Waals surface area contributed by atoms with E-state index in [1.165, 1.54) is 6.26 Å². The maximum Gasteiger partial charge on any atom is 0.272 e. The van der Waals surface area contributed by atoms with Crippen molar-refractivity contribution in [3.8, 4) is 11.5 Å². The molecule has 124 valence electrons. The molecule has 0 aliphatic rings. The van der Waals surface area contributed by atoms with Gasteiger partial charge in [-0.2, -0.15) is 5.10 Å².